The Hall–Kier alpha value is -1.62. The van der Waals surface area contributed by atoms with Gasteiger partial charge >= 0.3 is 5.97 Å². The topological polar surface area (TPSA) is 71.4 Å². The van der Waals surface area contributed by atoms with Gasteiger partial charge < -0.3 is 5.11 Å². The monoisotopic (exact) mass is 280 g/mol. The van der Waals surface area contributed by atoms with Gasteiger partial charge in [0.2, 0.25) is 0 Å². The van der Waals surface area contributed by atoms with E-state index in [1.54, 1.807) is 31.2 Å². The van der Waals surface area contributed by atoms with E-state index >= 15 is 0 Å². The summed E-state index contributed by atoms with van der Waals surface area (Å²) in [5, 5.41) is 9.54. The summed E-state index contributed by atoms with van der Waals surface area (Å²) in [6, 6.07) is 7.81. The molecule has 2 unspecified atom stereocenters. The highest BCUT2D eigenvalue weighted by Gasteiger charge is 2.55. The number of aliphatic carboxylic acids is 1. The van der Waals surface area contributed by atoms with Crippen LogP contribution >= 0.6 is 0 Å². The summed E-state index contributed by atoms with van der Waals surface area (Å²) in [4.78, 5) is 11.8. The van der Waals surface area contributed by atoms with Crippen molar-refractivity contribution in [2.75, 3.05) is 0 Å². The van der Waals surface area contributed by atoms with Crippen molar-refractivity contribution in [1.29, 1.82) is 0 Å². The van der Waals surface area contributed by atoms with Crippen LogP contribution in [-0.2, 0) is 14.6 Å². The molecule has 0 aliphatic heterocycles. The molecule has 0 radical (unpaired) electrons. The maximum Gasteiger partial charge on any atom is 0.326 e. The highest BCUT2D eigenvalue weighted by Crippen LogP contribution is 2.40. The highest BCUT2D eigenvalue weighted by molar-refractivity contribution is 7.93. The molecule has 0 aromatic heterocycles. The molecule has 0 saturated heterocycles. The Kier molecular flexibility index (Phi) is 3.49. The minimum Gasteiger partial charge on any atom is -0.480 e. The predicted octanol–water partition coefficient (Wildman–Crippen LogP) is 2.27. The van der Waals surface area contributed by atoms with E-state index in [-0.39, 0.29) is 11.3 Å². The lowest BCUT2D eigenvalue weighted by molar-refractivity contribution is -0.141. The van der Waals surface area contributed by atoms with Crippen molar-refractivity contribution in [2.45, 2.75) is 29.4 Å². The molecule has 2 atom stereocenters. The number of rotatable bonds is 3. The van der Waals surface area contributed by atoms with Gasteiger partial charge in [0.05, 0.1) is 4.90 Å². The first kappa shape index (κ1) is 13.8. The van der Waals surface area contributed by atoms with E-state index in [2.05, 4.69) is 0 Å². The van der Waals surface area contributed by atoms with Crippen LogP contribution in [0.2, 0.25) is 0 Å². The Morgan fingerprint density at radius 1 is 1.26 bits per heavy atom. The van der Waals surface area contributed by atoms with E-state index < -0.39 is 26.5 Å². The molecule has 1 aromatic carbocycles. The third kappa shape index (κ3) is 1.98. The smallest absolute Gasteiger partial charge is 0.326 e. The molecule has 1 N–H and O–H groups in total. The van der Waals surface area contributed by atoms with Gasteiger partial charge in [-0.25, -0.2) is 8.42 Å². The van der Waals surface area contributed by atoms with Crippen LogP contribution in [0.4, 0.5) is 0 Å². The molecule has 5 heteroatoms. The lowest BCUT2D eigenvalue weighted by Crippen LogP contribution is -2.52. The van der Waals surface area contributed by atoms with E-state index in [9.17, 15) is 18.3 Å². The molecule has 0 fully saturated rings. The predicted molar refractivity (Wildman–Crippen MR) is 71.5 cm³/mol. The van der Waals surface area contributed by atoms with Crippen molar-refractivity contribution in [3.63, 3.8) is 0 Å². The second kappa shape index (κ2) is 4.81. The fourth-order valence-corrected chi connectivity index (χ4v) is 4.66. The van der Waals surface area contributed by atoms with E-state index in [0.717, 1.165) is 0 Å². The van der Waals surface area contributed by atoms with Crippen molar-refractivity contribution in [3.05, 3.63) is 42.5 Å². The molecule has 1 aliphatic rings. The largest absolute Gasteiger partial charge is 0.480 e. The van der Waals surface area contributed by atoms with Gasteiger partial charge in [-0.15, -0.1) is 0 Å². The van der Waals surface area contributed by atoms with Gasteiger partial charge in [0.1, 0.15) is 0 Å². The van der Waals surface area contributed by atoms with Crippen LogP contribution in [0.15, 0.2) is 47.4 Å². The zero-order valence-electron chi connectivity index (χ0n) is 10.6. The van der Waals surface area contributed by atoms with Crippen LogP contribution in [0.5, 0.6) is 0 Å². The molecular weight excluding hydrogens is 264 g/mol. The van der Waals surface area contributed by atoms with Gasteiger partial charge in [-0.1, -0.05) is 37.3 Å². The molecule has 0 spiro atoms. The molecule has 0 bridgehead atoms. The average Bonchev–Trinajstić information content (AvgIpc) is 2.39. The third-order valence-electron chi connectivity index (χ3n) is 3.77. The zero-order chi connectivity index (χ0) is 14.1. The number of hydrogen-bond acceptors (Lipinski definition) is 3. The van der Waals surface area contributed by atoms with Crippen LogP contribution in [0, 0.1) is 5.92 Å². The molecule has 0 amide bonds. The number of hydrogen-bond donors (Lipinski definition) is 1. The Morgan fingerprint density at radius 2 is 1.89 bits per heavy atom. The second-order valence-electron chi connectivity index (χ2n) is 4.82. The van der Waals surface area contributed by atoms with Crippen molar-refractivity contribution in [2.24, 2.45) is 5.92 Å². The maximum atomic E-state index is 12.7. The van der Waals surface area contributed by atoms with Crippen molar-refractivity contribution in [1.82, 2.24) is 0 Å². The first-order chi connectivity index (χ1) is 8.93. The Morgan fingerprint density at radius 3 is 2.42 bits per heavy atom. The van der Waals surface area contributed by atoms with Crippen LogP contribution in [0.1, 0.15) is 19.8 Å². The van der Waals surface area contributed by atoms with E-state index in [1.165, 1.54) is 12.1 Å². The second-order valence-corrected chi connectivity index (χ2v) is 7.03. The molecule has 0 saturated carbocycles. The van der Waals surface area contributed by atoms with Crippen LogP contribution in [0.3, 0.4) is 0 Å². The SMILES string of the molecule is CC1CC=CCC1(C(=O)O)S(=O)(=O)c1ccccc1. The zero-order valence-corrected chi connectivity index (χ0v) is 11.4. The quantitative estimate of drug-likeness (QED) is 0.862. The van der Waals surface area contributed by atoms with Crippen LogP contribution in [0.25, 0.3) is 0 Å². The summed E-state index contributed by atoms with van der Waals surface area (Å²) in [5.41, 5.74) is 0. The molecule has 0 heterocycles. The van der Waals surface area contributed by atoms with E-state index in [4.69, 9.17) is 0 Å². The van der Waals surface area contributed by atoms with Gasteiger partial charge in [0.15, 0.2) is 14.6 Å². The minimum absolute atomic E-state index is 0.0146. The van der Waals surface area contributed by atoms with Gasteiger partial charge in [-0.2, -0.15) is 0 Å². The first-order valence-electron chi connectivity index (χ1n) is 6.11. The number of sulfone groups is 1. The molecule has 4 nitrogen and oxygen atoms in total. The van der Waals surface area contributed by atoms with E-state index in [0.29, 0.717) is 6.42 Å². The number of allylic oxidation sites excluding steroid dienone is 2. The summed E-state index contributed by atoms with van der Waals surface area (Å²) in [6.07, 6.45) is 3.96. The first-order valence-corrected chi connectivity index (χ1v) is 7.59. The number of carboxylic acid groups (broad SMARTS) is 1. The van der Waals surface area contributed by atoms with Crippen molar-refractivity contribution in [3.8, 4) is 0 Å². The molecular formula is C14H16O4S. The van der Waals surface area contributed by atoms with Gasteiger partial charge in [0.25, 0.3) is 0 Å². The standard InChI is InChI=1S/C14H16O4S/c1-11-7-5-6-10-14(11,13(15)16)19(17,18)12-8-3-2-4-9-12/h2-6,8-9,11H,7,10H2,1H3,(H,15,16). The van der Waals surface area contributed by atoms with Gasteiger partial charge in [-0.3, -0.25) is 4.79 Å². The lowest BCUT2D eigenvalue weighted by atomic mass is 9.83. The van der Waals surface area contributed by atoms with Crippen molar-refractivity contribution < 1.29 is 18.3 Å². The fraction of sp³-hybridized carbons (Fsp3) is 0.357. The lowest BCUT2D eigenvalue weighted by Gasteiger charge is -2.35. The molecule has 19 heavy (non-hydrogen) atoms. The Bertz CT molecular complexity index is 604. The highest BCUT2D eigenvalue weighted by atomic mass is 32.2. The Labute approximate surface area is 112 Å². The molecule has 102 valence electrons. The van der Waals surface area contributed by atoms with E-state index in [1.807, 2.05) is 6.08 Å². The van der Waals surface area contributed by atoms with Crippen LogP contribution < -0.4 is 0 Å². The normalized spacial score (nSPS) is 27.1. The summed E-state index contributed by atoms with van der Waals surface area (Å²) in [5.74, 6) is -1.73. The summed E-state index contributed by atoms with van der Waals surface area (Å²) in [6.45, 7) is 1.68. The van der Waals surface area contributed by atoms with Gasteiger partial charge in [-0.05, 0) is 30.9 Å². The molecule has 1 aromatic rings. The third-order valence-corrected chi connectivity index (χ3v) is 6.36. The summed E-state index contributed by atoms with van der Waals surface area (Å²) < 4.78 is 23.7. The summed E-state index contributed by atoms with van der Waals surface area (Å²) >= 11 is 0. The van der Waals surface area contributed by atoms with Crippen molar-refractivity contribution >= 4 is 15.8 Å². The fourth-order valence-electron chi connectivity index (χ4n) is 2.55. The van der Waals surface area contributed by atoms with Gasteiger partial charge in [0, 0.05) is 0 Å². The molecule has 1 aliphatic carbocycles. The number of benzene rings is 1. The molecule has 2 rings (SSSR count). The summed E-state index contributed by atoms with van der Waals surface area (Å²) in [7, 11) is -3.92. The Balaban J connectivity index is 2.64. The number of carboxylic acids is 1. The minimum atomic E-state index is -3.92. The average molecular weight is 280 g/mol. The maximum absolute atomic E-state index is 12.7. The van der Waals surface area contributed by atoms with Crippen LogP contribution in [-0.4, -0.2) is 24.2 Å². The number of carbonyl (C=O) groups is 1.